The predicted octanol–water partition coefficient (Wildman–Crippen LogP) is 2.26. The van der Waals surface area contributed by atoms with Crippen LogP contribution in [0.15, 0.2) is 24.3 Å². The maximum atomic E-state index is 10.9. The van der Waals surface area contributed by atoms with Crippen molar-refractivity contribution in [1.82, 2.24) is 5.32 Å². The average molecular weight is 267 g/mol. The highest BCUT2D eigenvalue weighted by atomic mass is 32.2. The van der Waals surface area contributed by atoms with Gasteiger partial charge in [0.15, 0.2) is 0 Å². The van der Waals surface area contributed by atoms with Gasteiger partial charge in [-0.25, -0.2) is 0 Å². The molecule has 0 aliphatic carbocycles. The van der Waals surface area contributed by atoms with Crippen molar-refractivity contribution in [2.45, 2.75) is 24.8 Å². The van der Waals surface area contributed by atoms with Crippen LogP contribution in [0.3, 0.4) is 0 Å². The van der Waals surface area contributed by atoms with Gasteiger partial charge in [0.2, 0.25) is 0 Å². The molecule has 2 atom stereocenters. The van der Waals surface area contributed by atoms with Gasteiger partial charge in [0, 0.05) is 5.75 Å². The van der Waals surface area contributed by atoms with Crippen LogP contribution < -0.4 is 10.1 Å². The Morgan fingerprint density at radius 2 is 2.22 bits per heavy atom. The SMILES string of the molecule is CCCOc1ccc(C2N[C@@H](C(=O)O)CS2)cc1. The maximum absolute atomic E-state index is 10.9. The van der Waals surface area contributed by atoms with Gasteiger partial charge in [-0.3, -0.25) is 10.1 Å². The summed E-state index contributed by atoms with van der Waals surface area (Å²) in [5.41, 5.74) is 1.09. The fourth-order valence-electron chi connectivity index (χ4n) is 1.77. The van der Waals surface area contributed by atoms with Crippen LogP contribution in [0.1, 0.15) is 24.3 Å². The summed E-state index contributed by atoms with van der Waals surface area (Å²) < 4.78 is 5.51. The van der Waals surface area contributed by atoms with Gasteiger partial charge in [-0.05, 0) is 24.1 Å². The van der Waals surface area contributed by atoms with Crippen molar-refractivity contribution in [2.75, 3.05) is 12.4 Å². The van der Waals surface area contributed by atoms with E-state index in [9.17, 15) is 4.79 Å². The number of thioether (sulfide) groups is 1. The molecule has 0 bridgehead atoms. The van der Waals surface area contributed by atoms with E-state index in [1.807, 2.05) is 24.3 Å². The Bertz CT molecular complexity index is 407. The van der Waals surface area contributed by atoms with Gasteiger partial charge in [0.25, 0.3) is 0 Å². The van der Waals surface area contributed by atoms with Gasteiger partial charge in [-0.1, -0.05) is 19.1 Å². The molecule has 1 unspecified atom stereocenters. The fraction of sp³-hybridized carbons (Fsp3) is 0.462. The number of benzene rings is 1. The molecular weight excluding hydrogens is 250 g/mol. The molecule has 4 nitrogen and oxygen atoms in total. The summed E-state index contributed by atoms with van der Waals surface area (Å²) in [5.74, 6) is 0.681. The Morgan fingerprint density at radius 1 is 1.50 bits per heavy atom. The minimum atomic E-state index is -0.784. The molecular formula is C13H17NO3S. The zero-order chi connectivity index (χ0) is 13.0. The standard InChI is InChI=1S/C13H17NO3S/c1-2-7-17-10-5-3-9(4-6-10)12-14-11(8-18-12)13(15)16/h3-6,11-12,14H,2,7-8H2,1H3,(H,15,16)/t11-,12?/m1/s1. The molecule has 5 heteroatoms. The summed E-state index contributed by atoms with van der Waals surface area (Å²) in [6.45, 7) is 2.79. The topological polar surface area (TPSA) is 58.6 Å². The van der Waals surface area contributed by atoms with Crippen LogP contribution in [-0.2, 0) is 4.79 Å². The minimum absolute atomic E-state index is 0.0614. The van der Waals surface area contributed by atoms with Crippen LogP contribution in [0.4, 0.5) is 0 Å². The molecule has 1 aromatic carbocycles. The van der Waals surface area contributed by atoms with Gasteiger partial charge in [-0.2, -0.15) is 0 Å². The summed E-state index contributed by atoms with van der Waals surface area (Å²) in [6, 6.07) is 7.39. The van der Waals surface area contributed by atoms with Crippen LogP contribution >= 0.6 is 11.8 Å². The number of ether oxygens (including phenoxy) is 1. The lowest BCUT2D eigenvalue weighted by Gasteiger charge is -2.12. The first kappa shape index (κ1) is 13.2. The molecule has 0 aromatic heterocycles. The highest BCUT2D eigenvalue weighted by molar-refractivity contribution is 7.99. The Hall–Kier alpha value is -1.20. The number of carboxylic acids is 1. The highest BCUT2D eigenvalue weighted by Crippen LogP contribution is 2.33. The Labute approximate surface area is 111 Å². The third-order valence-corrected chi connectivity index (χ3v) is 4.00. The number of rotatable bonds is 5. The molecule has 18 heavy (non-hydrogen) atoms. The number of carbonyl (C=O) groups is 1. The number of carboxylic acid groups (broad SMARTS) is 1. The summed E-state index contributed by atoms with van der Waals surface area (Å²) >= 11 is 1.62. The molecule has 2 N–H and O–H groups in total. The molecule has 0 amide bonds. The van der Waals surface area contributed by atoms with E-state index in [4.69, 9.17) is 9.84 Å². The Morgan fingerprint density at radius 3 is 2.78 bits per heavy atom. The third-order valence-electron chi connectivity index (χ3n) is 2.74. The summed E-state index contributed by atoms with van der Waals surface area (Å²) in [4.78, 5) is 10.9. The number of hydrogen-bond acceptors (Lipinski definition) is 4. The molecule has 1 saturated heterocycles. The molecule has 1 aromatic rings. The number of hydrogen-bond donors (Lipinski definition) is 2. The van der Waals surface area contributed by atoms with Crippen molar-refractivity contribution in [2.24, 2.45) is 0 Å². The van der Waals surface area contributed by atoms with Gasteiger partial charge < -0.3 is 9.84 Å². The molecule has 0 radical (unpaired) electrons. The van der Waals surface area contributed by atoms with E-state index >= 15 is 0 Å². The smallest absolute Gasteiger partial charge is 0.321 e. The fourth-order valence-corrected chi connectivity index (χ4v) is 3.00. The second kappa shape index (κ2) is 6.11. The minimum Gasteiger partial charge on any atom is -0.494 e. The molecule has 98 valence electrons. The largest absolute Gasteiger partial charge is 0.494 e. The van der Waals surface area contributed by atoms with E-state index in [-0.39, 0.29) is 5.37 Å². The van der Waals surface area contributed by atoms with Crippen LogP contribution in [0.2, 0.25) is 0 Å². The maximum Gasteiger partial charge on any atom is 0.321 e. The zero-order valence-electron chi connectivity index (χ0n) is 10.3. The molecule has 0 saturated carbocycles. The first-order valence-corrected chi connectivity index (χ1v) is 7.09. The average Bonchev–Trinajstić information content (AvgIpc) is 2.87. The quantitative estimate of drug-likeness (QED) is 0.857. The molecule has 1 aliphatic heterocycles. The van der Waals surface area contributed by atoms with Crippen molar-refractivity contribution in [3.63, 3.8) is 0 Å². The van der Waals surface area contributed by atoms with Gasteiger partial charge in [0.05, 0.1) is 12.0 Å². The monoisotopic (exact) mass is 267 g/mol. The lowest BCUT2D eigenvalue weighted by molar-refractivity contribution is -0.138. The van der Waals surface area contributed by atoms with Crippen LogP contribution in [0.5, 0.6) is 5.75 Å². The van der Waals surface area contributed by atoms with E-state index in [1.165, 1.54) is 0 Å². The van der Waals surface area contributed by atoms with Crippen LogP contribution in [0.25, 0.3) is 0 Å². The van der Waals surface area contributed by atoms with E-state index < -0.39 is 12.0 Å². The van der Waals surface area contributed by atoms with Gasteiger partial charge in [-0.15, -0.1) is 11.8 Å². The first-order chi connectivity index (χ1) is 8.70. The molecule has 1 heterocycles. The van der Waals surface area contributed by atoms with Crippen LogP contribution in [-0.4, -0.2) is 29.5 Å². The lowest BCUT2D eigenvalue weighted by Crippen LogP contribution is -2.33. The summed E-state index contributed by atoms with van der Waals surface area (Å²) in [5, 5.41) is 12.1. The van der Waals surface area contributed by atoms with E-state index in [1.54, 1.807) is 11.8 Å². The normalized spacial score (nSPS) is 22.9. The number of nitrogens with one attached hydrogen (secondary N) is 1. The predicted molar refractivity (Wildman–Crippen MR) is 72.0 cm³/mol. The van der Waals surface area contributed by atoms with Crippen molar-refractivity contribution in [1.29, 1.82) is 0 Å². The first-order valence-electron chi connectivity index (χ1n) is 6.04. The Balaban J connectivity index is 1.96. The van der Waals surface area contributed by atoms with Crippen molar-refractivity contribution < 1.29 is 14.6 Å². The lowest BCUT2D eigenvalue weighted by atomic mass is 10.2. The third kappa shape index (κ3) is 3.17. The Kier molecular flexibility index (Phi) is 4.49. The second-order valence-electron chi connectivity index (χ2n) is 4.19. The van der Waals surface area contributed by atoms with Gasteiger partial charge >= 0.3 is 5.97 Å². The van der Waals surface area contributed by atoms with Gasteiger partial charge in [0.1, 0.15) is 11.8 Å². The van der Waals surface area contributed by atoms with Crippen molar-refractivity contribution in [3.8, 4) is 5.75 Å². The van der Waals surface area contributed by atoms with Crippen LogP contribution in [0, 0.1) is 0 Å². The molecule has 0 spiro atoms. The molecule has 1 aliphatic rings. The van der Waals surface area contributed by atoms with E-state index in [0.29, 0.717) is 5.75 Å². The summed E-state index contributed by atoms with van der Waals surface area (Å²) in [6.07, 6.45) is 0.988. The van der Waals surface area contributed by atoms with Crippen molar-refractivity contribution in [3.05, 3.63) is 29.8 Å². The highest BCUT2D eigenvalue weighted by Gasteiger charge is 2.30. The summed E-state index contributed by atoms with van der Waals surface area (Å²) in [7, 11) is 0. The molecule has 2 rings (SSSR count). The zero-order valence-corrected chi connectivity index (χ0v) is 11.1. The molecule has 1 fully saturated rings. The second-order valence-corrected chi connectivity index (χ2v) is 5.33. The van der Waals surface area contributed by atoms with Crippen molar-refractivity contribution >= 4 is 17.7 Å². The number of aliphatic carboxylic acids is 1. The van der Waals surface area contributed by atoms with E-state index in [0.717, 1.165) is 24.3 Å². The van der Waals surface area contributed by atoms with E-state index in [2.05, 4.69) is 12.2 Å².